The quantitative estimate of drug-likeness (QED) is 0.112. The normalized spacial score (nSPS) is 13.7. The van der Waals surface area contributed by atoms with Crippen LogP contribution >= 0.6 is 0 Å². The third kappa shape index (κ3) is 10.4. The summed E-state index contributed by atoms with van der Waals surface area (Å²) in [6.45, 7) is 11.3. The zero-order chi connectivity index (χ0) is 39.5. The van der Waals surface area contributed by atoms with Crippen molar-refractivity contribution < 1.29 is 24.5 Å². The van der Waals surface area contributed by atoms with Crippen LogP contribution in [0.5, 0.6) is 0 Å². The Bertz CT molecular complexity index is 2420. The molecule has 57 heavy (non-hydrogen) atoms. The number of rotatable bonds is 8. The molecule has 4 nitrogen and oxygen atoms in total. The van der Waals surface area contributed by atoms with E-state index in [-0.39, 0.29) is 25.5 Å². The van der Waals surface area contributed by atoms with Gasteiger partial charge in [-0.1, -0.05) is 85.0 Å². The zero-order valence-electron chi connectivity index (χ0n) is 35.0. The zero-order valence-corrected chi connectivity index (χ0v) is 39.5. The van der Waals surface area contributed by atoms with Crippen molar-refractivity contribution in [1.29, 1.82) is 0 Å². The van der Waals surface area contributed by atoms with E-state index in [0.29, 0.717) is 11.6 Å². The van der Waals surface area contributed by atoms with Crippen molar-refractivity contribution in [3.05, 3.63) is 132 Å². The molecule has 0 aliphatic heterocycles. The molecule has 297 valence electrons. The van der Waals surface area contributed by atoms with Gasteiger partial charge in [-0.2, -0.15) is 0 Å². The van der Waals surface area contributed by atoms with Crippen LogP contribution in [-0.2, 0) is 38.4 Å². The molecule has 4 heterocycles. The fraction of sp³-hybridized carbons (Fsp3) is 0.353. The van der Waals surface area contributed by atoms with Gasteiger partial charge < -0.3 is 9.40 Å². The van der Waals surface area contributed by atoms with E-state index in [0.717, 1.165) is 68.9 Å². The summed E-state index contributed by atoms with van der Waals surface area (Å²) < 4.78 is 7.85. The number of pyridine rings is 3. The average molecular weight is 993 g/mol. The monoisotopic (exact) mass is 994 g/mol. The van der Waals surface area contributed by atoms with Crippen LogP contribution in [0.25, 0.3) is 55.8 Å². The van der Waals surface area contributed by atoms with Gasteiger partial charge in [0.1, 0.15) is 0 Å². The van der Waals surface area contributed by atoms with Gasteiger partial charge in [-0.3, -0.25) is 0 Å². The Morgan fingerprint density at radius 1 is 0.789 bits per heavy atom. The summed E-state index contributed by atoms with van der Waals surface area (Å²) in [5, 5.41) is 2.08. The molecule has 0 unspecified atom stereocenters. The fourth-order valence-electron chi connectivity index (χ4n) is 8.05. The number of benzene rings is 3. The van der Waals surface area contributed by atoms with Gasteiger partial charge in [0, 0.05) is 37.3 Å². The van der Waals surface area contributed by atoms with Crippen molar-refractivity contribution in [2.75, 3.05) is 0 Å². The molecule has 1 radical (unpaired) electrons. The third-order valence-corrected chi connectivity index (χ3v) is 15.4. The predicted octanol–water partition coefficient (Wildman–Crippen LogP) is 13.2. The molecule has 4 aromatic heterocycles. The Morgan fingerprint density at radius 2 is 1.54 bits per heavy atom. The molecule has 3 aromatic carbocycles. The van der Waals surface area contributed by atoms with E-state index in [9.17, 15) is 0 Å². The van der Waals surface area contributed by atoms with E-state index in [1.54, 1.807) is 4.40 Å². The number of furan rings is 1. The number of nitrogens with zero attached hydrogens (tertiary/aromatic N) is 3. The number of fused-ring (bicyclic) bond motifs is 3. The van der Waals surface area contributed by atoms with Crippen LogP contribution in [0.15, 0.2) is 108 Å². The first-order valence-corrected chi connectivity index (χ1v) is 27.9. The van der Waals surface area contributed by atoms with Gasteiger partial charge in [0.15, 0.2) is 0 Å². The largest absolute Gasteiger partial charge is 0.486 e. The standard InChI is InChI=1S/C29H25N2O.C22H32GeN.Ir/c1-3-8-20(9-4-1)18-21-16-17-30-27(19-21)25-13-7-12-23-24-14-15-26(22-10-5-2-6-11-22)31-29(24)32-28(23)25;1-16(2)12-18-14-21(24-15-20(18)23(6,7)8)17-10-9-11-19(13-17)22(3,4)5;/h2,5-7,10-12,14-17,19-20H,1,3-4,8-9,18H2;9,11,13-16H,12H2,1-8H3;/q2*-1;. The summed E-state index contributed by atoms with van der Waals surface area (Å²) >= 11 is -1.91. The van der Waals surface area contributed by atoms with E-state index in [2.05, 4.69) is 136 Å². The molecule has 0 spiro atoms. The topological polar surface area (TPSA) is 51.8 Å². The van der Waals surface area contributed by atoms with Crippen molar-refractivity contribution in [2.24, 2.45) is 11.8 Å². The molecule has 6 heteroatoms. The maximum Gasteiger partial charge on any atom is 0.216 e. The van der Waals surface area contributed by atoms with Crippen LogP contribution < -0.4 is 4.40 Å². The molecule has 0 saturated heterocycles. The minimum atomic E-state index is -1.91. The second kappa shape index (κ2) is 18.4. The Labute approximate surface area is 357 Å². The second-order valence-electron chi connectivity index (χ2n) is 18.2. The van der Waals surface area contributed by atoms with Crippen molar-refractivity contribution in [2.45, 2.75) is 102 Å². The Morgan fingerprint density at radius 3 is 2.26 bits per heavy atom. The first kappa shape index (κ1) is 42.7. The molecule has 1 aliphatic rings. The van der Waals surface area contributed by atoms with Crippen LogP contribution in [0, 0.1) is 24.0 Å². The molecular weight excluding hydrogens is 935 g/mol. The summed E-state index contributed by atoms with van der Waals surface area (Å²) in [5.41, 5.74) is 11.8. The van der Waals surface area contributed by atoms with E-state index in [1.807, 2.05) is 36.5 Å². The average Bonchev–Trinajstić information content (AvgIpc) is 3.56. The van der Waals surface area contributed by atoms with E-state index in [1.165, 1.54) is 48.8 Å². The van der Waals surface area contributed by atoms with Gasteiger partial charge in [-0.15, -0.1) is 18.2 Å². The third-order valence-electron chi connectivity index (χ3n) is 11.1. The van der Waals surface area contributed by atoms with Crippen molar-refractivity contribution in [3.63, 3.8) is 0 Å². The first-order valence-electron chi connectivity index (χ1n) is 20.6. The van der Waals surface area contributed by atoms with Gasteiger partial charge in [0.2, 0.25) is 5.71 Å². The molecule has 0 atom stereocenters. The van der Waals surface area contributed by atoms with Crippen LogP contribution in [-0.4, -0.2) is 28.2 Å². The van der Waals surface area contributed by atoms with Crippen LogP contribution in [0.1, 0.15) is 83.4 Å². The number of hydrogen-bond acceptors (Lipinski definition) is 4. The van der Waals surface area contributed by atoms with Gasteiger partial charge in [-0.05, 0) is 36.2 Å². The van der Waals surface area contributed by atoms with E-state index >= 15 is 0 Å². The SMILES string of the molecule is CC(C)Cc1cc(-c2[c-]ccc(C(C)(C)C)c2)nc[c]1[Ge]([CH3])([CH3])[CH3].[Ir].[c-]1ccc2c(oc3nc(-c4ccccc4)ccc32)c1-c1cc(CC2CCCCC2)ccn1. The Hall–Kier alpha value is -3.90. The molecule has 1 fully saturated rings. The molecule has 8 rings (SSSR count). The molecule has 0 N–H and O–H groups in total. The Balaban J connectivity index is 0.000000198. The first-order chi connectivity index (χ1) is 26.8. The van der Waals surface area contributed by atoms with Gasteiger partial charge in [0.05, 0.1) is 11.3 Å². The second-order valence-corrected chi connectivity index (χ2v) is 28.8. The molecule has 0 bridgehead atoms. The summed E-state index contributed by atoms with van der Waals surface area (Å²) in [6.07, 6.45) is 13.2. The van der Waals surface area contributed by atoms with Crippen molar-refractivity contribution in [1.82, 2.24) is 15.0 Å². The maximum absolute atomic E-state index is 6.31. The summed E-state index contributed by atoms with van der Waals surface area (Å²) in [4.78, 5) is 14.3. The van der Waals surface area contributed by atoms with Crippen LogP contribution in [0.3, 0.4) is 0 Å². The van der Waals surface area contributed by atoms with Gasteiger partial charge >= 0.3 is 151 Å². The van der Waals surface area contributed by atoms with Crippen molar-refractivity contribution >= 4 is 39.7 Å². The van der Waals surface area contributed by atoms with Gasteiger partial charge in [0.25, 0.3) is 0 Å². The van der Waals surface area contributed by atoms with E-state index < -0.39 is 13.3 Å². The maximum atomic E-state index is 6.31. The number of aromatic nitrogens is 3. The minimum Gasteiger partial charge on any atom is -0.486 e. The summed E-state index contributed by atoms with van der Waals surface area (Å²) in [5.74, 6) is 8.81. The van der Waals surface area contributed by atoms with Crippen LogP contribution in [0.2, 0.25) is 17.3 Å². The molecule has 1 aliphatic carbocycles. The summed E-state index contributed by atoms with van der Waals surface area (Å²) in [7, 11) is 0. The predicted molar refractivity (Wildman–Crippen MR) is 238 cm³/mol. The van der Waals surface area contributed by atoms with E-state index in [4.69, 9.17) is 14.4 Å². The Kier molecular flexibility index (Phi) is 13.7. The smallest absolute Gasteiger partial charge is 0.216 e. The fourth-order valence-corrected chi connectivity index (χ4v) is 11.4. The van der Waals surface area contributed by atoms with Gasteiger partial charge in [-0.25, -0.2) is 4.98 Å². The van der Waals surface area contributed by atoms with Crippen LogP contribution in [0.4, 0.5) is 0 Å². The minimum absolute atomic E-state index is 0. The molecular formula is C51H57GeIrN3O-2. The molecule has 7 aromatic rings. The molecule has 0 amide bonds. The molecule has 1 saturated carbocycles. The number of hydrogen-bond donors (Lipinski definition) is 0. The summed E-state index contributed by atoms with van der Waals surface area (Å²) in [6, 6.07) is 38.3. The van der Waals surface area contributed by atoms with Crippen molar-refractivity contribution in [3.8, 4) is 33.8 Å².